The fraction of sp³-hybridized carbons (Fsp3) is 0.600. The summed E-state index contributed by atoms with van der Waals surface area (Å²) in [6.45, 7) is 5.26. The van der Waals surface area contributed by atoms with Gasteiger partial charge in [0.2, 0.25) is 0 Å². The Morgan fingerprint density at radius 3 is 2.18 bits per heavy atom. The van der Waals surface area contributed by atoms with Crippen molar-refractivity contribution < 1.29 is 0 Å². The van der Waals surface area contributed by atoms with Crippen molar-refractivity contribution in [3.05, 3.63) is 35.9 Å². The maximum Gasteiger partial charge on any atom is 0.0359 e. The third kappa shape index (κ3) is 3.83. The Balaban J connectivity index is 2.85. The Bertz CT molecular complexity index is 293. The molecule has 2 N–H and O–H groups in total. The molecule has 0 radical (unpaired) electrons. The van der Waals surface area contributed by atoms with Crippen molar-refractivity contribution in [3.8, 4) is 0 Å². The molecule has 0 aliphatic carbocycles. The van der Waals surface area contributed by atoms with Gasteiger partial charge in [-0.05, 0) is 38.4 Å². The average molecular weight is 234 g/mol. The van der Waals surface area contributed by atoms with E-state index in [1.165, 1.54) is 18.4 Å². The van der Waals surface area contributed by atoms with E-state index >= 15 is 0 Å². The number of hydrogen-bond donors (Lipinski definition) is 1. The number of benzene rings is 1. The highest BCUT2D eigenvalue weighted by Gasteiger charge is 2.21. The minimum atomic E-state index is 0.450. The molecule has 0 heterocycles. The fourth-order valence-corrected chi connectivity index (χ4v) is 2.56. The highest BCUT2D eigenvalue weighted by molar-refractivity contribution is 5.19. The van der Waals surface area contributed by atoms with E-state index in [9.17, 15) is 0 Å². The number of nitrogens with two attached hydrogens (primary N) is 1. The highest BCUT2D eigenvalue weighted by atomic mass is 15.2. The summed E-state index contributed by atoms with van der Waals surface area (Å²) in [6.07, 6.45) is 3.42. The van der Waals surface area contributed by atoms with Crippen LogP contribution in [0.15, 0.2) is 30.3 Å². The van der Waals surface area contributed by atoms with Gasteiger partial charge < -0.3 is 5.73 Å². The van der Waals surface area contributed by atoms with Crippen molar-refractivity contribution in [2.24, 2.45) is 5.73 Å². The van der Waals surface area contributed by atoms with Crippen LogP contribution in [0.5, 0.6) is 0 Å². The Morgan fingerprint density at radius 2 is 1.71 bits per heavy atom. The van der Waals surface area contributed by atoms with Gasteiger partial charge in [0.05, 0.1) is 0 Å². The number of nitrogens with zero attached hydrogens (tertiary/aromatic N) is 1. The molecule has 0 saturated heterocycles. The van der Waals surface area contributed by atoms with Gasteiger partial charge >= 0.3 is 0 Å². The monoisotopic (exact) mass is 234 g/mol. The maximum atomic E-state index is 5.76. The highest BCUT2D eigenvalue weighted by Crippen LogP contribution is 2.26. The van der Waals surface area contributed by atoms with Gasteiger partial charge in [-0.3, -0.25) is 4.90 Å². The smallest absolute Gasteiger partial charge is 0.0359 e. The van der Waals surface area contributed by atoms with Gasteiger partial charge in [-0.1, -0.05) is 44.2 Å². The lowest BCUT2D eigenvalue weighted by atomic mass is 9.99. The first-order valence-electron chi connectivity index (χ1n) is 6.71. The summed E-state index contributed by atoms with van der Waals surface area (Å²) in [7, 11) is 2.23. The van der Waals surface area contributed by atoms with Gasteiger partial charge in [-0.15, -0.1) is 0 Å². The first-order chi connectivity index (χ1) is 8.24. The standard InChI is InChI=1S/C15H26N2/c1-4-14(5-2)17(3)15(11-12-16)13-9-7-6-8-10-13/h6-10,14-15H,4-5,11-12,16H2,1-3H3. The van der Waals surface area contributed by atoms with Crippen LogP contribution >= 0.6 is 0 Å². The van der Waals surface area contributed by atoms with Crippen LogP contribution in [0.4, 0.5) is 0 Å². The number of rotatable bonds is 7. The molecular formula is C15H26N2. The summed E-state index contributed by atoms with van der Waals surface area (Å²) in [5.41, 5.74) is 7.14. The summed E-state index contributed by atoms with van der Waals surface area (Å²) in [5.74, 6) is 0. The third-order valence-electron chi connectivity index (χ3n) is 3.63. The van der Waals surface area contributed by atoms with Crippen LogP contribution in [0.3, 0.4) is 0 Å². The third-order valence-corrected chi connectivity index (χ3v) is 3.63. The lowest BCUT2D eigenvalue weighted by Gasteiger charge is -2.34. The lowest BCUT2D eigenvalue weighted by Crippen LogP contribution is -2.35. The molecule has 96 valence electrons. The largest absolute Gasteiger partial charge is 0.330 e. The summed E-state index contributed by atoms with van der Waals surface area (Å²) in [4.78, 5) is 2.49. The van der Waals surface area contributed by atoms with Crippen LogP contribution < -0.4 is 5.73 Å². The van der Waals surface area contributed by atoms with Gasteiger partial charge in [0.15, 0.2) is 0 Å². The zero-order valence-corrected chi connectivity index (χ0v) is 11.4. The molecule has 1 atom stereocenters. The van der Waals surface area contributed by atoms with Gasteiger partial charge in [-0.2, -0.15) is 0 Å². The predicted octanol–water partition coefficient (Wildman–Crippen LogP) is 3.20. The second-order valence-electron chi connectivity index (χ2n) is 4.64. The van der Waals surface area contributed by atoms with Crippen LogP contribution in [0.1, 0.15) is 44.7 Å². The molecule has 17 heavy (non-hydrogen) atoms. The molecule has 1 aromatic carbocycles. The minimum absolute atomic E-state index is 0.450. The van der Waals surface area contributed by atoms with Gasteiger partial charge in [0, 0.05) is 12.1 Å². The molecular weight excluding hydrogens is 208 g/mol. The molecule has 1 unspecified atom stereocenters. The van der Waals surface area contributed by atoms with Crippen molar-refractivity contribution in [1.29, 1.82) is 0 Å². The number of hydrogen-bond acceptors (Lipinski definition) is 2. The van der Waals surface area contributed by atoms with Crippen LogP contribution in [-0.2, 0) is 0 Å². The van der Waals surface area contributed by atoms with Crippen LogP contribution in [0.2, 0.25) is 0 Å². The summed E-state index contributed by atoms with van der Waals surface area (Å²) >= 11 is 0. The molecule has 1 rings (SSSR count). The van der Waals surface area contributed by atoms with Crippen LogP contribution in [-0.4, -0.2) is 24.5 Å². The summed E-state index contributed by atoms with van der Waals surface area (Å²) < 4.78 is 0. The van der Waals surface area contributed by atoms with E-state index in [1.807, 2.05) is 0 Å². The average Bonchev–Trinajstić information content (AvgIpc) is 2.38. The normalized spacial score (nSPS) is 13.3. The maximum absolute atomic E-state index is 5.76. The molecule has 0 bridgehead atoms. The van der Waals surface area contributed by atoms with Crippen LogP contribution in [0, 0.1) is 0 Å². The molecule has 0 aliphatic heterocycles. The molecule has 0 aliphatic rings. The second kappa shape index (κ2) is 7.46. The van der Waals surface area contributed by atoms with Crippen molar-refractivity contribution in [2.45, 2.75) is 45.2 Å². The Hall–Kier alpha value is -0.860. The topological polar surface area (TPSA) is 29.3 Å². The van der Waals surface area contributed by atoms with Gasteiger partial charge in [0.25, 0.3) is 0 Å². The predicted molar refractivity (Wildman–Crippen MR) is 75.0 cm³/mol. The van der Waals surface area contributed by atoms with E-state index in [4.69, 9.17) is 5.73 Å². The van der Waals surface area contributed by atoms with Crippen molar-refractivity contribution in [1.82, 2.24) is 4.90 Å². The lowest BCUT2D eigenvalue weighted by molar-refractivity contribution is 0.157. The van der Waals surface area contributed by atoms with Crippen molar-refractivity contribution in [3.63, 3.8) is 0 Å². The SMILES string of the molecule is CCC(CC)N(C)C(CCN)c1ccccc1. The molecule has 0 fully saturated rings. The quantitative estimate of drug-likeness (QED) is 0.785. The van der Waals surface area contributed by atoms with E-state index < -0.39 is 0 Å². The molecule has 0 amide bonds. The van der Waals surface area contributed by atoms with Crippen molar-refractivity contribution in [2.75, 3.05) is 13.6 Å². The van der Waals surface area contributed by atoms with Gasteiger partial charge in [-0.25, -0.2) is 0 Å². The Labute approximate surface area is 106 Å². The van der Waals surface area contributed by atoms with E-state index in [1.54, 1.807) is 0 Å². The summed E-state index contributed by atoms with van der Waals surface area (Å²) in [6, 6.07) is 11.8. The van der Waals surface area contributed by atoms with Crippen LogP contribution in [0.25, 0.3) is 0 Å². The summed E-state index contributed by atoms with van der Waals surface area (Å²) in [5, 5.41) is 0. The minimum Gasteiger partial charge on any atom is -0.330 e. The fourth-order valence-electron chi connectivity index (χ4n) is 2.56. The first kappa shape index (κ1) is 14.2. The zero-order chi connectivity index (χ0) is 12.7. The molecule has 0 saturated carbocycles. The molecule has 0 spiro atoms. The molecule has 2 nitrogen and oxygen atoms in total. The second-order valence-corrected chi connectivity index (χ2v) is 4.64. The van der Waals surface area contributed by atoms with Crippen molar-refractivity contribution >= 4 is 0 Å². The van der Waals surface area contributed by atoms with E-state index in [2.05, 4.69) is 56.1 Å². The zero-order valence-electron chi connectivity index (χ0n) is 11.4. The molecule has 2 heteroatoms. The first-order valence-corrected chi connectivity index (χ1v) is 6.71. The Morgan fingerprint density at radius 1 is 1.12 bits per heavy atom. The van der Waals surface area contributed by atoms with Gasteiger partial charge in [0.1, 0.15) is 0 Å². The Kier molecular flexibility index (Phi) is 6.23. The van der Waals surface area contributed by atoms with E-state index in [0.717, 1.165) is 13.0 Å². The van der Waals surface area contributed by atoms with E-state index in [-0.39, 0.29) is 0 Å². The molecule has 0 aromatic heterocycles. The van der Waals surface area contributed by atoms with E-state index in [0.29, 0.717) is 12.1 Å². The molecule has 1 aromatic rings.